The van der Waals surface area contributed by atoms with Crippen molar-refractivity contribution in [3.63, 3.8) is 0 Å². The number of amides is 2. The first-order chi connectivity index (χ1) is 17.0. The average Bonchev–Trinajstić information content (AvgIpc) is 3.22. The maximum absolute atomic E-state index is 13.2. The molecule has 1 heterocycles. The van der Waals surface area contributed by atoms with Gasteiger partial charge in [-0.2, -0.15) is 0 Å². The van der Waals surface area contributed by atoms with Gasteiger partial charge in [-0.3, -0.25) is 9.59 Å². The van der Waals surface area contributed by atoms with Crippen molar-refractivity contribution in [3.8, 4) is 17.2 Å². The number of anilines is 1. The van der Waals surface area contributed by atoms with Gasteiger partial charge in [-0.25, -0.2) is 0 Å². The fourth-order valence-corrected chi connectivity index (χ4v) is 4.19. The van der Waals surface area contributed by atoms with Crippen LogP contribution in [-0.4, -0.2) is 38.7 Å². The molecule has 3 aromatic carbocycles. The number of hydrogen-bond acceptors (Lipinski definition) is 5. The standard InChI is InChI=1S/C28H30N2O5/c1-4-34-24-14-9-19(17-25(24)35-5-2)15-16-29-27(31)23-8-6-7-20-18-30(28(32)26(20)23)21-10-12-22(33-3)13-11-21/h6-14,17H,4-5,15-16,18H2,1-3H3,(H,29,31). The summed E-state index contributed by atoms with van der Waals surface area (Å²) >= 11 is 0. The Morgan fingerprint density at radius 3 is 2.43 bits per heavy atom. The molecule has 7 heteroatoms. The predicted molar refractivity (Wildman–Crippen MR) is 135 cm³/mol. The van der Waals surface area contributed by atoms with Gasteiger partial charge in [-0.15, -0.1) is 0 Å². The topological polar surface area (TPSA) is 77.1 Å². The van der Waals surface area contributed by atoms with Gasteiger partial charge in [0.15, 0.2) is 11.5 Å². The van der Waals surface area contributed by atoms with E-state index in [1.165, 1.54) is 0 Å². The minimum atomic E-state index is -0.261. The van der Waals surface area contributed by atoms with Crippen molar-refractivity contribution in [3.05, 3.63) is 82.9 Å². The van der Waals surface area contributed by atoms with Gasteiger partial charge < -0.3 is 24.4 Å². The SMILES string of the molecule is CCOc1ccc(CCNC(=O)c2cccc3c2C(=O)N(c2ccc(OC)cc2)C3)cc1OCC. The number of carbonyl (C=O) groups excluding carboxylic acids is 2. The van der Waals surface area contributed by atoms with Crippen LogP contribution in [0.15, 0.2) is 60.7 Å². The lowest BCUT2D eigenvalue weighted by molar-refractivity contribution is 0.0937. The highest BCUT2D eigenvalue weighted by Crippen LogP contribution is 2.32. The van der Waals surface area contributed by atoms with Crippen LogP contribution in [0.1, 0.15) is 45.7 Å². The van der Waals surface area contributed by atoms with Crippen LogP contribution in [0.25, 0.3) is 0 Å². The number of nitrogens with zero attached hydrogens (tertiary/aromatic N) is 1. The molecule has 182 valence electrons. The number of rotatable bonds is 10. The quantitative estimate of drug-likeness (QED) is 0.464. The summed E-state index contributed by atoms with van der Waals surface area (Å²) in [5.41, 5.74) is 3.48. The van der Waals surface area contributed by atoms with E-state index < -0.39 is 0 Å². The highest BCUT2D eigenvalue weighted by molar-refractivity contribution is 6.16. The molecule has 4 rings (SSSR count). The van der Waals surface area contributed by atoms with Crippen molar-refractivity contribution < 1.29 is 23.8 Å². The van der Waals surface area contributed by atoms with Crippen LogP contribution in [0, 0.1) is 0 Å². The molecule has 0 spiro atoms. The normalized spacial score (nSPS) is 12.3. The summed E-state index contributed by atoms with van der Waals surface area (Å²) in [5.74, 6) is 1.69. The second-order valence-electron chi connectivity index (χ2n) is 8.08. The van der Waals surface area contributed by atoms with E-state index in [0.29, 0.717) is 55.4 Å². The number of methoxy groups -OCH3 is 1. The third kappa shape index (κ3) is 5.24. The smallest absolute Gasteiger partial charge is 0.259 e. The van der Waals surface area contributed by atoms with Gasteiger partial charge in [0.05, 0.1) is 38.0 Å². The average molecular weight is 475 g/mol. The molecule has 35 heavy (non-hydrogen) atoms. The largest absolute Gasteiger partial charge is 0.497 e. The molecular formula is C28H30N2O5. The Bertz CT molecular complexity index is 1210. The van der Waals surface area contributed by atoms with Crippen LogP contribution < -0.4 is 24.4 Å². The number of benzene rings is 3. The molecule has 0 unspecified atom stereocenters. The van der Waals surface area contributed by atoms with E-state index in [1.54, 1.807) is 18.1 Å². The van der Waals surface area contributed by atoms with Crippen molar-refractivity contribution in [1.29, 1.82) is 0 Å². The summed E-state index contributed by atoms with van der Waals surface area (Å²) in [7, 11) is 1.60. The first-order valence-electron chi connectivity index (χ1n) is 11.8. The van der Waals surface area contributed by atoms with E-state index in [1.807, 2.05) is 68.4 Å². The molecule has 2 amide bonds. The van der Waals surface area contributed by atoms with Gasteiger partial charge in [-0.1, -0.05) is 18.2 Å². The Kier molecular flexibility index (Phi) is 7.55. The highest BCUT2D eigenvalue weighted by atomic mass is 16.5. The Morgan fingerprint density at radius 2 is 1.71 bits per heavy atom. The zero-order valence-electron chi connectivity index (χ0n) is 20.3. The van der Waals surface area contributed by atoms with Crippen molar-refractivity contribution in [2.75, 3.05) is 31.8 Å². The van der Waals surface area contributed by atoms with Gasteiger partial charge in [0.1, 0.15) is 5.75 Å². The van der Waals surface area contributed by atoms with Crippen LogP contribution in [0.5, 0.6) is 17.2 Å². The number of hydrogen-bond donors (Lipinski definition) is 1. The molecule has 0 aromatic heterocycles. The molecule has 0 atom stereocenters. The Labute approximate surface area is 205 Å². The van der Waals surface area contributed by atoms with E-state index in [0.717, 1.165) is 22.6 Å². The summed E-state index contributed by atoms with van der Waals surface area (Å²) < 4.78 is 16.5. The third-order valence-corrected chi connectivity index (χ3v) is 5.87. The van der Waals surface area contributed by atoms with Crippen LogP contribution in [0.4, 0.5) is 5.69 Å². The van der Waals surface area contributed by atoms with Crippen molar-refractivity contribution >= 4 is 17.5 Å². The maximum Gasteiger partial charge on any atom is 0.259 e. The molecule has 1 aliphatic rings. The Balaban J connectivity index is 1.43. The lowest BCUT2D eigenvalue weighted by atomic mass is 10.0. The molecule has 0 fully saturated rings. The molecule has 0 saturated heterocycles. The summed E-state index contributed by atoms with van der Waals surface area (Å²) in [6.07, 6.45) is 0.624. The zero-order valence-corrected chi connectivity index (χ0v) is 20.3. The lowest BCUT2D eigenvalue weighted by Crippen LogP contribution is -2.29. The van der Waals surface area contributed by atoms with Crippen molar-refractivity contribution in [1.82, 2.24) is 5.32 Å². The summed E-state index contributed by atoms with van der Waals surface area (Å²) in [4.78, 5) is 28.0. The fraction of sp³-hybridized carbons (Fsp3) is 0.286. The predicted octanol–water partition coefficient (Wildman–Crippen LogP) is 4.63. The minimum absolute atomic E-state index is 0.177. The summed E-state index contributed by atoms with van der Waals surface area (Å²) in [6.45, 7) is 5.82. The molecular weight excluding hydrogens is 444 g/mol. The van der Waals surface area contributed by atoms with Gasteiger partial charge in [0.25, 0.3) is 11.8 Å². The second kappa shape index (κ2) is 11.0. The first kappa shape index (κ1) is 24.1. The number of ether oxygens (including phenoxy) is 3. The van der Waals surface area contributed by atoms with E-state index in [9.17, 15) is 9.59 Å². The first-order valence-corrected chi connectivity index (χ1v) is 11.8. The molecule has 0 aliphatic carbocycles. The van der Waals surface area contributed by atoms with Gasteiger partial charge >= 0.3 is 0 Å². The maximum atomic E-state index is 13.2. The number of carbonyl (C=O) groups is 2. The van der Waals surface area contributed by atoms with Crippen LogP contribution >= 0.6 is 0 Å². The highest BCUT2D eigenvalue weighted by Gasteiger charge is 2.32. The van der Waals surface area contributed by atoms with Gasteiger partial charge in [0, 0.05) is 12.2 Å². The summed E-state index contributed by atoms with van der Waals surface area (Å²) in [6, 6.07) is 18.5. The molecule has 1 aliphatic heterocycles. The lowest BCUT2D eigenvalue weighted by Gasteiger charge is -2.16. The number of fused-ring (bicyclic) bond motifs is 1. The van der Waals surface area contributed by atoms with E-state index in [4.69, 9.17) is 14.2 Å². The van der Waals surface area contributed by atoms with Crippen LogP contribution in [0.3, 0.4) is 0 Å². The molecule has 0 bridgehead atoms. The molecule has 0 saturated carbocycles. The Hall–Kier alpha value is -4.00. The van der Waals surface area contributed by atoms with Crippen LogP contribution in [0.2, 0.25) is 0 Å². The molecule has 1 N–H and O–H groups in total. The zero-order chi connectivity index (χ0) is 24.8. The molecule has 7 nitrogen and oxygen atoms in total. The van der Waals surface area contributed by atoms with E-state index in [-0.39, 0.29) is 11.8 Å². The summed E-state index contributed by atoms with van der Waals surface area (Å²) in [5, 5.41) is 2.96. The number of nitrogens with one attached hydrogen (secondary N) is 1. The van der Waals surface area contributed by atoms with Gasteiger partial charge in [-0.05, 0) is 73.9 Å². The van der Waals surface area contributed by atoms with E-state index in [2.05, 4.69) is 5.32 Å². The van der Waals surface area contributed by atoms with Crippen LogP contribution in [-0.2, 0) is 13.0 Å². The molecule has 3 aromatic rings. The second-order valence-corrected chi connectivity index (χ2v) is 8.08. The van der Waals surface area contributed by atoms with Crippen molar-refractivity contribution in [2.45, 2.75) is 26.8 Å². The Morgan fingerprint density at radius 1 is 0.971 bits per heavy atom. The minimum Gasteiger partial charge on any atom is -0.497 e. The fourth-order valence-electron chi connectivity index (χ4n) is 4.19. The van der Waals surface area contributed by atoms with Crippen molar-refractivity contribution in [2.24, 2.45) is 0 Å². The third-order valence-electron chi connectivity index (χ3n) is 5.87. The van der Waals surface area contributed by atoms with Gasteiger partial charge in [0.2, 0.25) is 0 Å². The van der Waals surface area contributed by atoms with E-state index >= 15 is 0 Å². The molecule has 0 radical (unpaired) electrons. The monoisotopic (exact) mass is 474 g/mol.